The molecule has 1 fully saturated rings. The Kier molecular flexibility index (Phi) is 15.0. The van der Waals surface area contributed by atoms with E-state index in [1.165, 1.54) is 32.4 Å². The fraction of sp³-hybridized carbons (Fsp3) is 0.889. The second-order valence-electron chi connectivity index (χ2n) is 2.52. The first-order chi connectivity index (χ1) is 4.89. The van der Waals surface area contributed by atoms with Gasteiger partial charge < -0.3 is 11.3 Å². The molecule has 1 nitrogen and oxygen atoms in total. The van der Waals surface area contributed by atoms with Gasteiger partial charge in [0, 0.05) is 37.7 Å². The number of likely N-dealkylation sites (tertiary alicyclic amines) is 1. The predicted molar refractivity (Wildman–Crippen MR) is 47.0 cm³/mol. The van der Waals surface area contributed by atoms with E-state index in [-0.39, 0.29) is 37.7 Å². The number of rotatable bonds is 0. The zero-order chi connectivity index (χ0) is 7.82. The Hall–Kier alpha value is 1.22. The maximum atomic E-state index is 2.39. The van der Waals surface area contributed by atoms with Gasteiger partial charge in [-0.15, -0.1) is 0 Å². The van der Waals surface area contributed by atoms with Gasteiger partial charge in [0.2, 0.25) is 0 Å². The summed E-state index contributed by atoms with van der Waals surface area (Å²) in [6.07, 6.45) is 6.36. The van der Waals surface area contributed by atoms with E-state index in [9.17, 15) is 0 Å². The monoisotopic (exact) mass is 307 g/mol. The molecule has 0 aromatic heterocycles. The first-order valence-corrected chi connectivity index (χ1v) is 4.40. The average Bonchev–Trinajstić information content (AvgIpc) is 2.21. The summed E-state index contributed by atoms with van der Waals surface area (Å²) in [4.78, 5) is 2.39. The van der Waals surface area contributed by atoms with Crippen molar-refractivity contribution in [2.24, 2.45) is 0 Å². The number of hydrogen-bond donors (Lipinski definition) is 0. The predicted octanol–water partition coefficient (Wildman–Crippen LogP) is 2.33. The average molecular weight is 307 g/mol. The van der Waals surface area contributed by atoms with Crippen molar-refractivity contribution in [2.75, 3.05) is 20.1 Å². The second-order valence-corrected chi connectivity index (χ2v) is 2.52. The molecule has 0 saturated carbocycles. The van der Waals surface area contributed by atoms with Crippen molar-refractivity contribution in [3.05, 3.63) is 6.42 Å². The SMILES string of the molecule is CC.CN1CC[CH-]CCC1.[Ho]. The van der Waals surface area contributed by atoms with Crippen LogP contribution in [0.2, 0.25) is 0 Å². The van der Waals surface area contributed by atoms with E-state index in [4.69, 9.17) is 0 Å². The molecule has 0 aromatic carbocycles. The van der Waals surface area contributed by atoms with Gasteiger partial charge in [-0.05, 0) is 20.1 Å². The van der Waals surface area contributed by atoms with Crippen LogP contribution in [0.3, 0.4) is 0 Å². The normalized spacial score (nSPS) is 18.8. The molecule has 0 unspecified atom stereocenters. The van der Waals surface area contributed by atoms with Crippen molar-refractivity contribution in [2.45, 2.75) is 33.1 Å². The zero-order valence-corrected chi connectivity index (χ0v) is 9.80. The minimum absolute atomic E-state index is 0. The van der Waals surface area contributed by atoms with E-state index in [1.54, 1.807) is 0 Å². The molecule has 1 rings (SSSR count). The van der Waals surface area contributed by atoms with Crippen LogP contribution in [-0.4, -0.2) is 25.0 Å². The maximum Gasteiger partial charge on any atom is 0 e. The van der Waals surface area contributed by atoms with Gasteiger partial charge in [0.05, 0.1) is 0 Å². The van der Waals surface area contributed by atoms with Crippen LogP contribution in [0.5, 0.6) is 0 Å². The molecule has 1 aliphatic heterocycles. The molecule has 0 spiro atoms. The standard InChI is InChI=1S/C7H14N.C2H6.Ho/c1-8-6-4-2-3-5-7-8;1-2;/h2H,3-7H2,1H3;1-2H3;/q-1;;. The molecular weight excluding hydrogens is 287 g/mol. The van der Waals surface area contributed by atoms with Gasteiger partial charge in [-0.25, -0.2) is 0 Å². The summed E-state index contributed by atoms with van der Waals surface area (Å²) in [7, 11) is 2.19. The molecule has 0 N–H and O–H groups in total. The molecule has 0 atom stereocenters. The van der Waals surface area contributed by atoms with E-state index in [0.717, 1.165) is 0 Å². The van der Waals surface area contributed by atoms with Gasteiger partial charge in [0.25, 0.3) is 0 Å². The van der Waals surface area contributed by atoms with Gasteiger partial charge in [0.15, 0.2) is 0 Å². The summed E-state index contributed by atoms with van der Waals surface area (Å²) in [5.74, 6) is 0. The van der Waals surface area contributed by atoms with Gasteiger partial charge in [-0.2, -0.15) is 12.8 Å². The van der Waals surface area contributed by atoms with E-state index in [0.29, 0.717) is 0 Å². The van der Waals surface area contributed by atoms with Crippen molar-refractivity contribution in [3.8, 4) is 0 Å². The molecule has 0 aliphatic carbocycles. The Balaban J connectivity index is 0. The minimum atomic E-state index is 0. The molecule has 2 heteroatoms. The summed E-state index contributed by atoms with van der Waals surface area (Å²) in [6.45, 7) is 6.55. The van der Waals surface area contributed by atoms with Gasteiger partial charge in [0.1, 0.15) is 0 Å². The van der Waals surface area contributed by atoms with E-state index < -0.39 is 0 Å². The summed E-state index contributed by atoms with van der Waals surface area (Å²) >= 11 is 0. The third-order valence-electron chi connectivity index (χ3n) is 1.66. The molecule has 1 radical (unpaired) electrons. The Bertz CT molecular complexity index is 58.6. The van der Waals surface area contributed by atoms with Gasteiger partial charge >= 0.3 is 0 Å². The Labute approximate surface area is 102 Å². The molecule has 11 heavy (non-hydrogen) atoms. The fourth-order valence-electron chi connectivity index (χ4n) is 1.07. The van der Waals surface area contributed by atoms with Crippen molar-refractivity contribution in [3.63, 3.8) is 0 Å². The van der Waals surface area contributed by atoms with Crippen molar-refractivity contribution in [1.82, 2.24) is 4.90 Å². The van der Waals surface area contributed by atoms with E-state index >= 15 is 0 Å². The smallest absolute Gasteiger partial charge is 0 e. The molecular formula is C9H20HoN-. The van der Waals surface area contributed by atoms with Crippen molar-refractivity contribution < 1.29 is 37.7 Å². The third-order valence-corrected chi connectivity index (χ3v) is 1.66. The van der Waals surface area contributed by atoms with Crippen LogP contribution in [-0.2, 0) is 0 Å². The van der Waals surface area contributed by atoms with E-state index in [1.807, 2.05) is 13.8 Å². The fourth-order valence-corrected chi connectivity index (χ4v) is 1.07. The van der Waals surface area contributed by atoms with Gasteiger partial charge in [-0.3, -0.25) is 0 Å². The maximum absolute atomic E-state index is 2.39. The largest absolute Gasteiger partial charge is 0.327 e. The van der Waals surface area contributed by atoms with Crippen LogP contribution < -0.4 is 0 Å². The van der Waals surface area contributed by atoms with Crippen LogP contribution in [0, 0.1) is 44.2 Å². The molecule has 0 amide bonds. The van der Waals surface area contributed by atoms with Crippen LogP contribution in [0.25, 0.3) is 0 Å². The summed E-state index contributed by atoms with van der Waals surface area (Å²) < 4.78 is 0. The summed E-state index contributed by atoms with van der Waals surface area (Å²) in [6, 6.07) is 0. The minimum Gasteiger partial charge on any atom is -0.327 e. The first kappa shape index (κ1) is 14.7. The number of hydrogen-bond acceptors (Lipinski definition) is 1. The van der Waals surface area contributed by atoms with Crippen LogP contribution >= 0.6 is 0 Å². The van der Waals surface area contributed by atoms with E-state index in [2.05, 4.69) is 18.4 Å². The second kappa shape index (κ2) is 11.2. The van der Waals surface area contributed by atoms with Crippen LogP contribution in [0.1, 0.15) is 33.1 Å². The Morgan fingerprint density at radius 1 is 1.09 bits per heavy atom. The van der Waals surface area contributed by atoms with Crippen LogP contribution in [0.4, 0.5) is 0 Å². The third kappa shape index (κ3) is 9.13. The summed E-state index contributed by atoms with van der Waals surface area (Å²) in [5, 5.41) is 0. The van der Waals surface area contributed by atoms with Crippen molar-refractivity contribution in [1.29, 1.82) is 0 Å². The van der Waals surface area contributed by atoms with Crippen LogP contribution in [0.15, 0.2) is 0 Å². The first-order valence-electron chi connectivity index (χ1n) is 4.40. The summed E-state index contributed by atoms with van der Waals surface area (Å²) in [5.41, 5.74) is 0. The quantitative estimate of drug-likeness (QED) is 0.490. The van der Waals surface area contributed by atoms with Gasteiger partial charge in [-0.1, -0.05) is 20.3 Å². The number of nitrogens with zero attached hydrogens (tertiary/aromatic N) is 1. The molecule has 1 aliphatic rings. The molecule has 1 saturated heterocycles. The molecule has 0 bridgehead atoms. The molecule has 1 heterocycles. The Morgan fingerprint density at radius 2 is 1.73 bits per heavy atom. The van der Waals surface area contributed by atoms with Crippen molar-refractivity contribution >= 4 is 0 Å². The molecule has 0 aromatic rings. The topological polar surface area (TPSA) is 3.24 Å². The Morgan fingerprint density at radius 3 is 2.36 bits per heavy atom. The zero-order valence-electron chi connectivity index (χ0n) is 7.86. The molecule has 73 valence electrons.